The number of piperidine rings is 1. The Morgan fingerprint density at radius 3 is 2.57 bits per heavy atom. The van der Waals surface area contributed by atoms with Crippen LogP contribution in [0.3, 0.4) is 0 Å². The first-order valence-corrected chi connectivity index (χ1v) is 11.2. The van der Waals surface area contributed by atoms with Gasteiger partial charge in [-0.25, -0.2) is 8.42 Å². The van der Waals surface area contributed by atoms with Gasteiger partial charge in [-0.2, -0.15) is 0 Å². The second-order valence-corrected chi connectivity index (χ2v) is 9.28. The van der Waals surface area contributed by atoms with Gasteiger partial charge in [-0.1, -0.05) is 29.8 Å². The van der Waals surface area contributed by atoms with Gasteiger partial charge in [-0.15, -0.1) is 0 Å². The summed E-state index contributed by atoms with van der Waals surface area (Å²) in [6.07, 6.45) is 1.11. The number of hydrogen-bond acceptors (Lipinski definition) is 5. The van der Waals surface area contributed by atoms with Gasteiger partial charge >= 0.3 is 0 Å². The second kappa shape index (κ2) is 10.1. The Labute approximate surface area is 174 Å². The smallest absolute Gasteiger partial charge is 0.258 e. The Morgan fingerprint density at radius 1 is 1.29 bits per heavy atom. The van der Waals surface area contributed by atoms with Crippen molar-refractivity contribution in [3.63, 3.8) is 0 Å². The summed E-state index contributed by atoms with van der Waals surface area (Å²) in [6.45, 7) is 3.97. The van der Waals surface area contributed by atoms with Crippen LogP contribution in [-0.2, 0) is 19.4 Å². The zero-order valence-corrected chi connectivity index (χ0v) is 17.5. The number of nitrogens with one attached hydrogen (secondary N) is 1. The van der Waals surface area contributed by atoms with E-state index in [0.29, 0.717) is 41.7 Å². The number of amides is 2. The molecule has 0 aromatic heterocycles. The molecule has 0 saturated carbocycles. The lowest BCUT2D eigenvalue weighted by Gasteiger charge is -2.32. The van der Waals surface area contributed by atoms with Crippen LogP contribution in [0.4, 0.5) is 0 Å². The van der Waals surface area contributed by atoms with Crippen LogP contribution < -0.4 is 10.1 Å². The Balaban J connectivity index is 1.72. The molecule has 1 aromatic rings. The third kappa shape index (κ3) is 7.00. The molecule has 1 aliphatic heterocycles. The summed E-state index contributed by atoms with van der Waals surface area (Å²) in [5.41, 5.74) is 0. The first kappa shape index (κ1) is 22.5. The van der Waals surface area contributed by atoms with Gasteiger partial charge in [0.1, 0.15) is 5.75 Å². The van der Waals surface area contributed by atoms with E-state index in [2.05, 4.69) is 11.9 Å². The summed E-state index contributed by atoms with van der Waals surface area (Å²) in [5.74, 6) is -0.365. The van der Waals surface area contributed by atoms with Crippen molar-refractivity contribution < 1.29 is 22.7 Å². The summed E-state index contributed by atoms with van der Waals surface area (Å²) < 4.78 is 28.2. The maximum absolute atomic E-state index is 12.1. The quantitative estimate of drug-likeness (QED) is 0.658. The number of benzene rings is 1. The minimum atomic E-state index is -3.39. The van der Waals surface area contributed by atoms with Gasteiger partial charge in [-0.3, -0.25) is 9.59 Å². The Bertz CT molecular complexity index is 836. The highest BCUT2D eigenvalue weighted by Crippen LogP contribution is 2.27. The van der Waals surface area contributed by atoms with Crippen LogP contribution in [-0.4, -0.2) is 56.6 Å². The zero-order chi connectivity index (χ0) is 20.7. The average molecular weight is 449 g/mol. The van der Waals surface area contributed by atoms with E-state index < -0.39 is 9.84 Å². The average Bonchev–Trinajstić information content (AvgIpc) is 2.66. The largest absolute Gasteiger partial charge is 0.482 e. The van der Waals surface area contributed by atoms with Crippen LogP contribution >= 0.6 is 23.2 Å². The lowest BCUT2D eigenvalue weighted by molar-refractivity contribution is -0.132. The Hall–Kier alpha value is -1.77. The minimum Gasteiger partial charge on any atom is -0.482 e. The number of carbonyl (C=O) groups is 2. The van der Waals surface area contributed by atoms with Crippen molar-refractivity contribution in [2.45, 2.75) is 25.3 Å². The van der Waals surface area contributed by atoms with Crippen molar-refractivity contribution in [3.8, 4) is 5.75 Å². The molecule has 1 saturated heterocycles. The van der Waals surface area contributed by atoms with E-state index in [1.54, 1.807) is 17.0 Å². The highest BCUT2D eigenvalue weighted by molar-refractivity contribution is 7.94. The standard InChI is InChI=1S/C18H22Cl2N2O5S/c1-2-28(25,26)10-7-18(24)22-8-5-14(6-9-22)21-17(23)12-27-16-4-3-13(19)11-15(16)20/h2-4,11,14H,1,5-10,12H2,(H,21,23). The molecule has 1 heterocycles. The maximum atomic E-state index is 12.1. The normalized spacial score (nSPS) is 15.1. The molecule has 0 unspecified atom stereocenters. The molecule has 1 N–H and O–H groups in total. The number of ether oxygens (including phenoxy) is 1. The van der Waals surface area contributed by atoms with Crippen molar-refractivity contribution in [1.29, 1.82) is 0 Å². The molecule has 0 bridgehead atoms. The molecule has 1 aromatic carbocycles. The van der Waals surface area contributed by atoms with Crippen LogP contribution in [0.15, 0.2) is 30.2 Å². The predicted octanol–water partition coefficient (Wildman–Crippen LogP) is 2.43. The molecule has 2 rings (SSSR count). The maximum Gasteiger partial charge on any atom is 0.258 e. The third-order valence-corrected chi connectivity index (χ3v) is 6.13. The van der Waals surface area contributed by atoms with Gasteiger partial charge in [0.2, 0.25) is 5.91 Å². The fraction of sp³-hybridized carbons (Fsp3) is 0.444. The summed E-state index contributed by atoms with van der Waals surface area (Å²) >= 11 is 11.8. The van der Waals surface area contributed by atoms with Crippen molar-refractivity contribution >= 4 is 44.9 Å². The Kier molecular flexibility index (Phi) is 8.15. The minimum absolute atomic E-state index is 0.0684. The van der Waals surface area contributed by atoms with E-state index in [4.69, 9.17) is 27.9 Å². The summed E-state index contributed by atoms with van der Waals surface area (Å²) in [7, 11) is -3.39. The van der Waals surface area contributed by atoms with Crippen LogP contribution in [0.1, 0.15) is 19.3 Å². The summed E-state index contributed by atoms with van der Waals surface area (Å²) in [4.78, 5) is 25.8. The molecule has 10 heteroatoms. The predicted molar refractivity (Wildman–Crippen MR) is 108 cm³/mol. The number of sulfone groups is 1. The molecule has 0 radical (unpaired) electrons. The summed E-state index contributed by atoms with van der Waals surface area (Å²) in [6, 6.07) is 4.67. The van der Waals surface area contributed by atoms with E-state index in [0.717, 1.165) is 5.41 Å². The topological polar surface area (TPSA) is 92.8 Å². The molecule has 28 heavy (non-hydrogen) atoms. The lowest BCUT2D eigenvalue weighted by Crippen LogP contribution is -2.47. The molecular weight excluding hydrogens is 427 g/mol. The van der Waals surface area contributed by atoms with Gasteiger partial charge in [0.15, 0.2) is 16.4 Å². The second-order valence-electron chi connectivity index (χ2n) is 6.37. The number of rotatable bonds is 8. The van der Waals surface area contributed by atoms with Crippen LogP contribution in [0.2, 0.25) is 10.0 Å². The van der Waals surface area contributed by atoms with E-state index in [1.165, 1.54) is 6.07 Å². The Morgan fingerprint density at radius 2 is 1.96 bits per heavy atom. The molecule has 0 aliphatic carbocycles. The third-order valence-electron chi connectivity index (χ3n) is 4.32. The lowest BCUT2D eigenvalue weighted by atomic mass is 10.0. The van der Waals surface area contributed by atoms with Crippen molar-refractivity contribution in [2.75, 3.05) is 25.4 Å². The number of likely N-dealkylation sites (tertiary alicyclic amines) is 1. The molecule has 154 valence electrons. The van der Waals surface area contributed by atoms with Crippen LogP contribution in [0.5, 0.6) is 5.75 Å². The van der Waals surface area contributed by atoms with E-state index in [9.17, 15) is 18.0 Å². The highest BCUT2D eigenvalue weighted by atomic mass is 35.5. The van der Waals surface area contributed by atoms with Crippen molar-refractivity contribution in [1.82, 2.24) is 10.2 Å². The molecule has 1 aliphatic rings. The highest BCUT2D eigenvalue weighted by Gasteiger charge is 2.24. The van der Waals surface area contributed by atoms with Crippen LogP contribution in [0, 0.1) is 0 Å². The van der Waals surface area contributed by atoms with Gasteiger partial charge < -0.3 is 15.0 Å². The van der Waals surface area contributed by atoms with Crippen LogP contribution in [0.25, 0.3) is 0 Å². The van der Waals surface area contributed by atoms with Crippen molar-refractivity contribution in [3.05, 3.63) is 40.2 Å². The van der Waals surface area contributed by atoms with Gasteiger partial charge in [0.05, 0.1) is 10.8 Å². The van der Waals surface area contributed by atoms with E-state index in [-0.39, 0.29) is 36.6 Å². The summed E-state index contributed by atoms with van der Waals surface area (Å²) in [5, 5.41) is 4.53. The van der Waals surface area contributed by atoms with E-state index >= 15 is 0 Å². The SMILES string of the molecule is C=CS(=O)(=O)CCC(=O)N1CCC(NC(=O)COc2ccc(Cl)cc2Cl)CC1. The number of carbonyl (C=O) groups excluding carboxylic acids is 2. The zero-order valence-electron chi connectivity index (χ0n) is 15.2. The van der Waals surface area contributed by atoms with Gasteiger partial charge in [0.25, 0.3) is 5.91 Å². The number of halogens is 2. The van der Waals surface area contributed by atoms with Crippen molar-refractivity contribution in [2.24, 2.45) is 0 Å². The number of hydrogen-bond donors (Lipinski definition) is 1. The fourth-order valence-corrected chi connectivity index (χ4v) is 3.84. The van der Waals surface area contributed by atoms with Gasteiger partial charge in [-0.05, 0) is 31.0 Å². The first-order chi connectivity index (χ1) is 13.2. The monoisotopic (exact) mass is 448 g/mol. The van der Waals surface area contributed by atoms with E-state index in [1.807, 2.05) is 0 Å². The molecule has 1 fully saturated rings. The van der Waals surface area contributed by atoms with Gasteiger partial charge in [0, 0.05) is 36.0 Å². The number of nitrogens with zero attached hydrogens (tertiary/aromatic N) is 1. The fourth-order valence-electron chi connectivity index (χ4n) is 2.75. The first-order valence-electron chi connectivity index (χ1n) is 8.70. The molecule has 7 nitrogen and oxygen atoms in total. The molecule has 0 spiro atoms. The molecule has 2 amide bonds. The molecule has 0 atom stereocenters. The molecular formula is C18H22Cl2N2O5S.